The minimum Gasteiger partial charge on any atom is -0.367 e. The third-order valence-electron chi connectivity index (χ3n) is 5.07. The zero-order valence-corrected chi connectivity index (χ0v) is 14.4. The van der Waals surface area contributed by atoms with E-state index < -0.39 is 5.60 Å². The molecule has 0 saturated carbocycles. The first-order valence-corrected chi connectivity index (χ1v) is 8.69. The molecule has 3 rings (SSSR count). The molecule has 0 N–H and O–H groups in total. The number of amides is 1. The Morgan fingerprint density at radius 2 is 1.62 bits per heavy atom. The van der Waals surface area contributed by atoms with E-state index >= 15 is 0 Å². The molecule has 1 amide bonds. The van der Waals surface area contributed by atoms with Gasteiger partial charge in [0.1, 0.15) is 5.60 Å². The number of likely N-dealkylation sites (tertiary alicyclic amines) is 1. The number of hydrogen-bond acceptors (Lipinski definition) is 2. The third kappa shape index (κ3) is 2.73. The summed E-state index contributed by atoms with van der Waals surface area (Å²) in [6, 6.07) is 20.6. The molecule has 1 heterocycles. The molecule has 0 unspecified atom stereocenters. The zero-order chi connectivity index (χ0) is 17.0. The molecule has 1 aliphatic heterocycles. The van der Waals surface area contributed by atoms with Crippen LogP contribution >= 0.6 is 0 Å². The van der Waals surface area contributed by atoms with E-state index in [-0.39, 0.29) is 11.9 Å². The van der Waals surface area contributed by atoms with Crippen molar-refractivity contribution in [3.8, 4) is 0 Å². The molecule has 2 aromatic rings. The van der Waals surface area contributed by atoms with Gasteiger partial charge in [0.2, 0.25) is 5.91 Å². The predicted molar refractivity (Wildman–Crippen MR) is 95.7 cm³/mol. The second kappa shape index (κ2) is 7.18. The Labute approximate surface area is 144 Å². The van der Waals surface area contributed by atoms with Crippen molar-refractivity contribution < 1.29 is 9.53 Å². The maximum Gasteiger partial charge on any atom is 0.222 e. The highest BCUT2D eigenvalue weighted by Crippen LogP contribution is 2.43. The van der Waals surface area contributed by atoms with Gasteiger partial charge in [0.05, 0.1) is 6.04 Å². The molecule has 126 valence electrons. The molecule has 1 aliphatic rings. The Bertz CT molecular complexity index is 629. The van der Waals surface area contributed by atoms with Crippen LogP contribution in [0, 0.1) is 0 Å². The monoisotopic (exact) mass is 323 g/mol. The highest BCUT2D eigenvalue weighted by molar-refractivity contribution is 5.77. The first kappa shape index (κ1) is 16.7. The van der Waals surface area contributed by atoms with Gasteiger partial charge >= 0.3 is 0 Å². The van der Waals surface area contributed by atoms with Crippen molar-refractivity contribution in [3.63, 3.8) is 0 Å². The Kier molecular flexibility index (Phi) is 5.00. The molecule has 1 fully saturated rings. The van der Waals surface area contributed by atoms with Crippen molar-refractivity contribution in [2.45, 2.75) is 37.8 Å². The average molecular weight is 323 g/mol. The summed E-state index contributed by atoms with van der Waals surface area (Å²) < 4.78 is 6.23. The summed E-state index contributed by atoms with van der Waals surface area (Å²) in [5.41, 5.74) is 1.56. The fourth-order valence-electron chi connectivity index (χ4n) is 3.99. The SMILES string of the molecule is CCC(=O)N1CCC[C@H]1C(OC)(c1ccccc1)c1ccccc1. The molecule has 0 spiro atoms. The minimum absolute atomic E-state index is 0.0137. The Balaban J connectivity index is 2.17. The maximum absolute atomic E-state index is 12.5. The van der Waals surface area contributed by atoms with Gasteiger partial charge in [-0.25, -0.2) is 0 Å². The summed E-state index contributed by atoms with van der Waals surface area (Å²) in [6.45, 7) is 2.74. The van der Waals surface area contributed by atoms with Gasteiger partial charge in [-0.2, -0.15) is 0 Å². The normalized spacial score (nSPS) is 17.9. The standard InChI is InChI=1S/C21H25NO2/c1-3-20(23)22-16-10-15-19(22)21(24-2,17-11-6-4-7-12-17)18-13-8-5-9-14-18/h4-9,11-14,19H,3,10,15-16H2,1-2H3/t19-/m0/s1. The Morgan fingerprint density at radius 3 is 2.08 bits per heavy atom. The summed E-state index contributed by atoms with van der Waals surface area (Å²) in [6.07, 6.45) is 2.49. The van der Waals surface area contributed by atoms with Gasteiger partial charge in [-0.15, -0.1) is 0 Å². The lowest BCUT2D eigenvalue weighted by atomic mass is 9.78. The van der Waals surface area contributed by atoms with Crippen LogP contribution < -0.4 is 0 Å². The van der Waals surface area contributed by atoms with E-state index in [1.807, 2.05) is 48.2 Å². The lowest BCUT2D eigenvalue weighted by Crippen LogP contribution is -2.51. The van der Waals surface area contributed by atoms with Crippen LogP contribution in [-0.4, -0.2) is 30.5 Å². The fourth-order valence-corrected chi connectivity index (χ4v) is 3.99. The van der Waals surface area contributed by atoms with Crippen molar-refractivity contribution >= 4 is 5.91 Å². The molecular weight excluding hydrogens is 298 g/mol. The summed E-state index contributed by atoms with van der Waals surface area (Å²) >= 11 is 0. The van der Waals surface area contributed by atoms with Crippen LogP contribution in [0.3, 0.4) is 0 Å². The third-order valence-corrected chi connectivity index (χ3v) is 5.07. The van der Waals surface area contributed by atoms with Crippen LogP contribution in [0.4, 0.5) is 0 Å². The van der Waals surface area contributed by atoms with Crippen LogP contribution in [0.15, 0.2) is 60.7 Å². The molecule has 0 aromatic heterocycles. The van der Waals surface area contributed by atoms with Crippen molar-refractivity contribution in [1.29, 1.82) is 0 Å². The second-order valence-corrected chi connectivity index (χ2v) is 6.27. The van der Waals surface area contributed by atoms with Crippen molar-refractivity contribution in [1.82, 2.24) is 4.90 Å². The molecule has 3 heteroatoms. The Morgan fingerprint density at radius 1 is 1.08 bits per heavy atom. The van der Waals surface area contributed by atoms with Gasteiger partial charge in [0.25, 0.3) is 0 Å². The van der Waals surface area contributed by atoms with E-state index in [1.165, 1.54) is 0 Å². The van der Waals surface area contributed by atoms with Crippen molar-refractivity contribution in [3.05, 3.63) is 71.8 Å². The minimum atomic E-state index is -0.635. The average Bonchev–Trinajstić information content (AvgIpc) is 3.14. The second-order valence-electron chi connectivity index (χ2n) is 6.27. The molecule has 2 aromatic carbocycles. The molecule has 0 radical (unpaired) electrons. The quantitative estimate of drug-likeness (QED) is 0.833. The lowest BCUT2D eigenvalue weighted by Gasteiger charge is -2.43. The highest BCUT2D eigenvalue weighted by Gasteiger charge is 2.48. The molecule has 0 bridgehead atoms. The number of nitrogens with zero attached hydrogens (tertiary/aromatic N) is 1. The molecule has 1 atom stereocenters. The van der Waals surface area contributed by atoms with E-state index in [0.717, 1.165) is 30.5 Å². The Hall–Kier alpha value is -2.13. The van der Waals surface area contributed by atoms with Gasteiger partial charge in [-0.1, -0.05) is 67.6 Å². The van der Waals surface area contributed by atoms with Crippen LogP contribution in [0.5, 0.6) is 0 Å². The van der Waals surface area contributed by atoms with Crippen LogP contribution in [-0.2, 0) is 15.1 Å². The first-order valence-electron chi connectivity index (χ1n) is 8.69. The van der Waals surface area contributed by atoms with Gasteiger partial charge in [0.15, 0.2) is 0 Å². The van der Waals surface area contributed by atoms with E-state index in [4.69, 9.17) is 4.74 Å². The van der Waals surface area contributed by atoms with Crippen LogP contribution in [0.1, 0.15) is 37.3 Å². The number of methoxy groups -OCH3 is 1. The summed E-state index contributed by atoms with van der Waals surface area (Å²) in [5, 5.41) is 0. The molecule has 3 nitrogen and oxygen atoms in total. The highest BCUT2D eigenvalue weighted by atomic mass is 16.5. The number of carbonyl (C=O) groups excluding carboxylic acids is 1. The van der Waals surface area contributed by atoms with E-state index in [0.29, 0.717) is 6.42 Å². The molecule has 0 aliphatic carbocycles. The first-order chi connectivity index (χ1) is 11.7. The molecule has 24 heavy (non-hydrogen) atoms. The van der Waals surface area contributed by atoms with Gasteiger partial charge in [-0.05, 0) is 24.0 Å². The summed E-state index contributed by atoms with van der Waals surface area (Å²) in [4.78, 5) is 14.5. The van der Waals surface area contributed by atoms with Crippen LogP contribution in [0.2, 0.25) is 0 Å². The van der Waals surface area contributed by atoms with Crippen molar-refractivity contribution in [2.75, 3.05) is 13.7 Å². The van der Waals surface area contributed by atoms with Gasteiger partial charge in [-0.3, -0.25) is 4.79 Å². The van der Waals surface area contributed by atoms with E-state index in [2.05, 4.69) is 24.3 Å². The zero-order valence-electron chi connectivity index (χ0n) is 14.4. The molecular formula is C21H25NO2. The maximum atomic E-state index is 12.5. The summed E-state index contributed by atoms with van der Waals surface area (Å²) in [7, 11) is 1.76. The smallest absolute Gasteiger partial charge is 0.222 e. The van der Waals surface area contributed by atoms with E-state index in [9.17, 15) is 4.79 Å². The number of carbonyl (C=O) groups is 1. The van der Waals surface area contributed by atoms with Gasteiger partial charge in [0, 0.05) is 20.1 Å². The van der Waals surface area contributed by atoms with Gasteiger partial charge < -0.3 is 9.64 Å². The van der Waals surface area contributed by atoms with Crippen LogP contribution in [0.25, 0.3) is 0 Å². The molecule has 1 saturated heterocycles. The topological polar surface area (TPSA) is 29.5 Å². The number of ether oxygens (including phenoxy) is 1. The summed E-state index contributed by atoms with van der Waals surface area (Å²) in [5.74, 6) is 0.200. The largest absolute Gasteiger partial charge is 0.367 e. The number of rotatable bonds is 5. The number of benzene rings is 2. The number of hydrogen-bond donors (Lipinski definition) is 0. The lowest BCUT2D eigenvalue weighted by molar-refractivity contribution is -0.137. The predicted octanol–water partition coefficient (Wildman–Crippen LogP) is 3.98. The van der Waals surface area contributed by atoms with E-state index in [1.54, 1.807) is 7.11 Å². The fraction of sp³-hybridized carbons (Fsp3) is 0.381. The van der Waals surface area contributed by atoms with Crippen molar-refractivity contribution in [2.24, 2.45) is 0 Å².